The molecule has 4 heteroatoms. The predicted molar refractivity (Wildman–Crippen MR) is 83.8 cm³/mol. The summed E-state index contributed by atoms with van der Waals surface area (Å²) in [4.78, 5) is 27.2. The highest BCUT2D eigenvalue weighted by molar-refractivity contribution is 9.10. The van der Waals surface area contributed by atoms with Gasteiger partial charge in [-0.15, -0.1) is 0 Å². The first kappa shape index (κ1) is 13.5. The molecule has 0 N–H and O–H groups in total. The topological polar surface area (TPSA) is 37.4 Å². The lowest BCUT2D eigenvalue weighted by Crippen LogP contribution is -2.33. The number of fused-ring (bicyclic) bond motifs is 5. The van der Waals surface area contributed by atoms with Gasteiger partial charge in [-0.1, -0.05) is 22.9 Å². The van der Waals surface area contributed by atoms with Crippen molar-refractivity contribution in [1.82, 2.24) is 0 Å². The van der Waals surface area contributed by atoms with E-state index in [9.17, 15) is 9.59 Å². The largest absolute Gasteiger partial charge is 0.274 e. The number of carbonyl (C=O) groups excluding carboxylic acids is 2. The smallest absolute Gasteiger partial charge is 0.237 e. The van der Waals surface area contributed by atoms with Crippen LogP contribution in [0.4, 0.5) is 5.69 Å². The molecule has 0 radical (unpaired) electrons. The van der Waals surface area contributed by atoms with Gasteiger partial charge in [0.05, 0.1) is 17.5 Å². The van der Waals surface area contributed by atoms with Gasteiger partial charge < -0.3 is 0 Å². The molecular weight excluding hydrogens is 330 g/mol. The third-order valence-electron chi connectivity index (χ3n) is 5.59. The molecule has 4 atom stereocenters. The summed E-state index contributed by atoms with van der Waals surface area (Å²) < 4.78 is 0.988. The summed E-state index contributed by atoms with van der Waals surface area (Å²) >= 11 is 3.47. The third kappa shape index (κ3) is 1.78. The Kier molecular flexibility index (Phi) is 3.00. The van der Waals surface area contributed by atoms with E-state index in [0.29, 0.717) is 11.8 Å². The molecule has 1 aromatic carbocycles. The highest BCUT2D eigenvalue weighted by atomic mass is 79.9. The van der Waals surface area contributed by atoms with Crippen LogP contribution in [0.5, 0.6) is 0 Å². The summed E-state index contributed by atoms with van der Waals surface area (Å²) in [6.45, 7) is 2.06. The summed E-state index contributed by atoms with van der Waals surface area (Å²) in [6, 6.07) is 5.83. The minimum Gasteiger partial charge on any atom is -0.274 e. The lowest BCUT2D eigenvalue weighted by molar-refractivity contribution is -0.123. The molecule has 0 aromatic heterocycles. The van der Waals surface area contributed by atoms with Crippen molar-refractivity contribution < 1.29 is 9.59 Å². The summed E-state index contributed by atoms with van der Waals surface area (Å²) in [7, 11) is 0. The molecular formula is C17H18BrNO2. The quantitative estimate of drug-likeness (QED) is 0.767. The van der Waals surface area contributed by atoms with Gasteiger partial charge in [0.25, 0.3) is 0 Å². The van der Waals surface area contributed by atoms with E-state index < -0.39 is 0 Å². The molecule has 2 saturated carbocycles. The van der Waals surface area contributed by atoms with Crippen molar-refractivity contribution in [3.8, 4) is 0 Å². The molecule has 3 aliphatic rings. The first-order valence-electron chi connectivity index (χ1n) is 7.78. The second-order valence-electron chi connectivity index (χ2n) is 6.52. The van der Waals surface area contributed by atoms with E-state index in [4.69, 9.17) is 0 Å². The van der Waals surface area contributed by atoms with Crippen LogP contribution in [0, 0.1) is 23.7 Å². The zero-order chi connectivity index (χ0) is 14.7. The Morgan fingerprint density at radius 1 is 1.14 bits per heavy atom. The summed E-state index contributed by atoms with van der Waals surface area (Å²) in [5.74, 6) is 0.918. The summed E-state index contributed by atoms with van der Waals surface area (Å²) in [5, 5.41) is 0. The molecule has 1 aromatic rings. The van der Waals surface area contributed by atoms with Gasteiger partial charge in [-0.2, -0.15) is 0 Å². The molecule has 3 nitrogen and oxygen atoms in total. The number of aryl methyl sites for hydroxylation is 1. The van der Waals surface area contributed by atoms with Crippen molar-refractivity contribution in [1.29, 1.82) is 0 Å². The Morgan fingerprint density at radius 2 is 1.76 bits per heavy atom. The maximum absolute atomic E-state index is 12.8. The Bertz CT molecular complexity index is 614. The maximum Gasteiger partial charge on any atom is 0.237 e. The minimum atomic E-state index is -0.0374. The van der Waals surface area contributed by atoms with Gasteiger partial charge in [-0.3, -0.25) is 9.59 Å². The van der Waals surface area contributed by atoms with E-state index >= 15 is 0 Å². The number of imide groups is 1. The van der Waals surface area contributed by atoms with Crippen LogP contribution < -0.4 is 4.90 Å². The Morgan fingerprint density at radius 3 is 2.33 bits per heavy atom. The van der Waals surface area contributed by atoms with Crippen molar-refractivity contribution in [2.45, 2.75) is 32.6 Å². The number of hydrogen-bond donors (Lipinski definition) is 0. The lowest BCUT2D eigenvalue weighted by atomic mass is 9.81. The molecule has 2 amide bonds. The maximum atomic E-state index is 12.8. The van der Waals surface area contributed by atoms with Gasteiger partial charge in [0.1, 0.15) is 0 Å². The molecule has 1 heterocycles. The van der Waals surface area contributed by atoms with Crippen molar-refractivity contribution in [3.63, 3.8) is 0 Å². The first-order chi connectivity index (χ1) is 10.1. The van der Waals surface area contributed by atoms with Gasteiger partial charge in [0.2, 0.25) is 11.8 Å². The number of amides is 2. The van der Waals surface area contributed by atoms with E-state index in [0.717, 1.165) is 41.4 Å². The van der Waals surface area contributed by atoms with E-state index in [1.54, 1.807) is 0 Å². The van der Waals surface area contributed by atoms with Gasteiger partial charge >= 0.3 is 0 Å². The van der Waals surface area contributed by atoms with Crippen LogP contribution >= 0.6 is 15.9 Å². The number of carbonyl (C=O) groups is 2. The summed E-state index contributed by atoms with van der Waals surface area (Å²) in [5.41, 5.74) is 1.85. The zero-order valence-electron chi connectivity index (χ0n) is 12.0. The first-order valence-corrected chi connectivity index (χ1v) is 8.57. The highest BCUT2D eigenvalue weighted by Gasteiger charge is 2.61. The highest BCUT2D eigenvalue weighted by Crippen LogP contribution is 2.56. The molecule has 21 heavy (non-hydrogen) atoms. The van der Waals surface area contributed by atoms with Crippen LogP contribution in [0.25, 0.3) is 0 Å². The second kappa shape index (κ2) is 4.67. The van der Waals surface area contributed by atoms with Crippen molar-refractivity contribution in [2.75, 3.05) is 4.90 Å². The van der Waals surface area contributed by atoms with Crippen LogP contribution in [0.3, 0.4) is 0 Å². The average Bonchev–Trinajstić information content (AvgIpc) is 3.14. The summed E-state index contributed by atoms with van der Waals surface area (Å²) in [6.07, 6.45) is 4.15. The third-order valence-corrected chi connectivity index (χ3v) is 6.08. The monoisotopic (exact) mass is 347 g/mol. The molecule has 2 aliphatic carbocycles. The molecule has 1 saturated heterocycles. The van der Waals surface area contributed by atoms with Crippen molar-refractivity contribution in [2.24, 2.45) is 23.7 Å². The standard InChI is InChI=1S/C17H18BrNO2/c1-2-9-8-12(18)5-6-13(9)19-16(20)14-10-3-4-11(7-10)15(14)17(19)21/h5-6,8,10-11,14-15H,2-4,7H2,1H3/t10-,11-,14+,15+/m1/s1. The fourth-order valence-corrected chi connectivity index (χ4v) is 5.11. The van der Waals surface area contributed by atoms with Crippen LogP contribution in [0.2, 0.25) is 0 Å². The van der Waals surface area contributed by atoms with E-state index in [-0.39, 0.29) is 23.7 Å². The van der Waals surface area contributed by atoms with E-state index in [2.05, 4.69) is 22.9 Å². The van der Waals surface area contributed by atoms with Gasteiger partial charge in [0, 0.05) is 4.47 Å². The number of benzene rings is 1. The van der Waals surface area contributed by atoms with Crippen LogP contribution in [-0.2, 0) is 16.0 Å². The number of nitrogens with zero attached hydrogens (tertiary/aromatic N) is 1. The van der Waals surface area contributed by atoms with Gasteiger partial charge in [0.15, 0.2) is 0 Å². The predicted octanol–water partition coefficient (Wildman–Crippen LogP) is 3.55. The molecule has 3 fully saturated rings. The lowest BCUT2D eigenvalue weighted by Gasteiger charge is -2.20. The van der Waals surface area contributed by atoms with Crippen LogP contribution in [0.15, 0.2) is 22.7 Å². The van der Waals surface area contributed by atoms with Gasteiger partial charge in [-0.05, 0) is 61.3 Å². The minimum absolute atomic E-state index is 0.0374. The zero-order valence-corrected chi connectivity index (χ0v) is 13.6. The number of rotatable bonds is 2. The number of anilines is 1. The molecule has 110 valence electrons. The normalized spacial score (nSPS) is 33.9. The molecule has 4 rings (SSSR count). The van der Waals surface area contributed by atoms with E-state index in [1.165, 1.54) is 4.90 Å². The Labute approximate surface area is 132 Å². The van der Waals surface area contributed by atoms with E-state index in [1.807, 2.05) is 18.2 Å². The number of halogens is 1. The molecule has 1 aliphatic heterocycles. The fraction of sp³-hybridized carbons (Fsp3) is 0.529. The molecule has 0 unspecified atom stereocenters. The number of hydrogen-bond acceptors (Lipinski definition) is 2. The average molecular weight is 348 g/mol. The SMILES string of the molecule is CCc1cc(Br)ccc1N1C(=O)[C@H]2[C@@H]3CC[C@H](C3)[C@@H]2C1=O. The Hall–Kier alpha value is -1.16. The van der Waals surface area contributed by atoms with Crippen molar-refractivity contribution >= 4 is 33.4 Å². The van der Waals surface area contributed by atoms with Crippen LogP contribution in [0.1, 0.15) is 31.7 Å². The van der Waals surface area contributed by atoms with Crippen molar-refractivity contribution in [3.05, 3.63) is 28.2 Å². The molecule has 2 bridgehead atoms. The fourth-order valence-electron chi connectivity index (χ4n) is 4.70. The van der Waals surface area contributed by atoms with Gasteiger partial charge in [-0.25, -0.2) is 4.90 Å². The second-order valence-corrected chi connectivity index (χ2v) is 7.44. The van der Waals surface area contributed by atoms with Crippen LogP contribution in [-0.4, -0.2) is 11.8 Å². The molecule has 0 spiro atoms. The Balaban J connectivity index is 1.77.